The number of hydrogen-bond donors (Lipinski definition) is 1. The second-order valence-corrected chi connectivity index (χ2v) is 6.49. The number of hydrogen-bond acceptors (Lipinski definition) is 4. The van der Waals surface area contributed by atoms with Crippen molar-refractivity contribution in [3.63, 3.8) is 0 Å². The number of anilines is 1. The number of Topliss-reactive ketones (excluding diaryl/α,β-unsaturated/α-hetero) is 1. The molecule has 2 rings (SSSR count). The van der Waals surface area contributed by atoms with E-state index >= 15 is 0 Å². The molecule has 1 aromatic carbocycles. The highest BCUT2D eigenvalue weighted by Crippen LogP contribution is 2.33. The molecule has 0 aliphatic carbocycles. The van der Waals surface area contributed by atoms with Crippen molar-refractivity contribution in [2.24, 2.45) is 0 Å². The summed E-state index contributed by atoms with van der Waals surface area (Å²) in [6.07, 6.45) is 0.439. The molecule has 5 nitrogen and oxygen atoms in total. The van der Waals surface area contributed by atoms with Crippen LogP contribution in [-0.4, -0.2) is 39.4 Å². The highest BCUT2D eigenvalue weighted by Gasteiger charge is 2.35. The van der Waals surface area contributed by atoms with Crippen LogP contribution < -0.4 is 4.90 Å². The lowest BCUT2D eigenvalue weighted by Gasteiger charge is -2.32. The molecule has 1 aromatic rings. The smallest absolute Gasteiger partial charge is 0.242 e. The van der Waals surface area contributed by atoms with E-state index in [2.05, 4.69) is 0 Å². The van der Waals surface area contributed by atoms with E-state index in [1.54, 1.807) is 25.1 Å². The zero-order valence-corrected chi connectivity index (χ0v) is 12.3. The summed E-state index contributed by atoms with van der Waals surface area (Å²) in [5.41, 5.74) is 1.00. The molecule has 1 aliphatic rings. The van der Waals surface area contributed by atoms with E-state index in [9.17, 15) is 13.8 Å². The molecule has 0 fully saturated rings. The van der Waals surface area contributed by atoms with Crippen LogP contribution in [0.3, 0.4) is 0 Å². The molecular formula is C14H17NO4S. The lowest BCUT2D eigenvalue weighted by Crippen LogP contribution is -2.45. The van der Waals surface area contributed by atoms with Gasteiger partial charge in [-0.25, -0.2) is 0 Å². The minimum absolute atomic E-state index is 0.0248. The van der Waals surface area contributed by atoms with Crippen molar-refractivity contribution >= 4 is 28.2 Å². The monoisotopic (exact) mass is 295 g/mol. The summed E-state index contributed by atoms with van der Waals surface area (Å²) < 4.78 is 12.3. The molecule has 2 unspecified atom stereocenters. The highest BCUT2D eigenvalue weighted by atomic mass is 32.2. The van der Waals surface area contributed by atoms with Crippen LogP contribution in [0.1, 0.15) is 30.6 Å². The van der Waals surface area contributed by atoms with E-state index in [-0.39, 0.29) is 18.3 Å². The first-order valence-corrected chi connectivity index (χ1v) is 7.66. The number of ketones is 1. The third kappa shape index (κ3) is 2.53. The predicted octanol–water partition coefficient (Wildman–Crippen LogP) is 1.11. The molecule has 0 saturated heterocycles. The Kier molecular flexibility index (Phi) is 4.35. The summed E-state index contributed by atoms with van der Waals surface area (Å²) in [6.45, 7) is 3.41. The first-order valence-electron chi connectivity index (χ1n) is 6.45. The van der Waals surface area contributed by atoms with Crippen LogP contribution in [0.4, 0.5) is 5.69 Å². The van der Waals surface area contributed by atoms with Crippen molar-refractivity contribution in [2.45, 2.75) is 30.4 Å². The van der Waals surface area contributed by atoms with Crippen molar-refractivity contribution in [3.05, 3.63) is 23.8 Å². The van der Waals surface area contributed by atoms with Gasteiger partial charge in [0.25, 0.3) is 0 Å². The molecule has 1 N–H and O–H groups in total. The van der Waals surface area contributed by atoms with Gasteiger partial charge in [0.2, 0.25) is 5.91 Å². The summed E-state index contributed by atoms with van der Waals surface area (Å²) in [7, 11) is -1.40. The number of carbonyl (C=O) groups is 2. The maximum Gasteiger partial charge on any atom is 0.242 e. The number of aliphatic hydroxyl groups is 1. The summed E-state index contributed by atoms with van der Waals surface area (Å²) >= 11 is 0. The van der Waals surface area contributed by atoms with Gasteiger partial charge in [-0.3, -0.25) is 13.8 Å². The van der Waals surface area contributed by atoms with Gasteiger partial charge in [-0.15, -0.1) is 0 Å². The molecule has 0 spiro atoms. The van der Waals surface area contributed by atoms with E-state index in [0.717, 1.165) is 0 Å². The van der Waals surface area contributed by atoms with Crippen LogP contribution >= 0.6 is 0 Å². The van der Waals surface area contributed by atoms with Crippen LogP contribution in [0, 0.1) is 0 Å². The molecule has 20 heavy (non-hydrogen) atoms. The Balaban J connectivity index is 2.52. The maximum atomic E-state index is 12.3. The van der Waals surface area contributed by atoms with E-state index in [0.29, 0.717) is 29.1 Å². The van der Waals surface area contributed by atoms with Crippen LogP contribution in [0.2, 0.25) is 0 Å². The first-order chi connectivity index (χ1) is 9.47. The molecule has 108 valence electrons. The van der Waals surface area contributed by atoms with Gasteiger partial charge in [0.15, 0.2) is 5.78 Å². The summed E-state index contributed by atoms with van der Waals surface area (Å²) in [6, 6.07) is 4.89. The molecule has 6 heteroatoms. The average molecular weight is 295 g/mol. The molecule has 1 heterocycles. The van der Waals surface area contributed by atoms with Crippen LogP contribution in [0.25, 0.3) is 0 Å². The predicted molar refractivity (Wildman–Crippen MR) is 76.4 cm³/mol. The van der Waals surface area contributed by atoms with Gasteiger partial charge in [-0.05, 0) is 32.4 Å². The second-order valence-electron chi connectivity index (χ2n) is 4.75. The molecule has 0 bridgehead atoms. The van der Waals surface area contributed by atoms with E-state index in [1.807, 2.05) is 0 Å². The normalized spacial score (nSPS) is 21.8. The van der Waals surface area contributed by atoms with E-state index in [4.69, 9.17) is 5.11 Å². The Morgan fingerprint density at radius 1 is 1.45 bits per heavy atom. The van der Waals surface area contributed by atoms with Gasteiger partial charge >= 0.3 is 0 Å². The maximum absolute atomic E-state index is 12.3. The van der Waals surface area contributed by atoms with E-state index < -0.39 is 16.0 Å². The number of aliphatic hydroxyl groups excluding tert-OH is 1. The Labute approximate surface area is 120 Å². The minimum Gasteiger partial charge on any atom is -0.396 e. The van der Waals surface area contributed by atoms with Crippen molar-refractivity contribution in [1.29, 1.82) is 0 Å². The molecule has 1 aliphatic heterocycles. The average Bonchev–Trinajstić information content (AvgIpc) is 2.44. The van der Waals surface area contributed by atoms with Crippen LogP contribution in [-0.2, 0) is 15.6 Å². The Morgan fingerprint density at radius 3 is 2.75 bits per heavy atom. The van der Waals surface area contributed by atoms with Crippen molar-refractivity contribution in [1.82, 2.24) is 0 Å². The van der Waals surface area contributed by atoms with Crippen molar-refractivity contribution in [2.75, 3.05) is 18.1 Å². The molecule has 0 aromatic heterocycles. The van der Waals surface area contributed by atoms with Gasteiger partial charge in [-0.1, -0.05) is 6.07 Å². The standard InChI is InChI=1S/C14H17NO4S/c1-9(17)11-4-5-13-12(8-11)15(6-3-7-16)14(18)10(2)20(13)19/h4-5,8,10,16H,3,6-7H2,1-2H3. The second kappa shape index (κ2) is 5.85. The van der Waals surface area contributed by atoms with Gasteiger partial charge in [0, 0.05) is 18.7 Å². The van der Waals surface area contributed by atoms with Gasteiger partial charge in [0.1, 0.15) is 5.25 Å². The largest absolute Gasteiger partial charge is 0.396 e. The molecule has 2 atom stereocenters. The fourth-order valence-electron chi connectivity index (χ4n) is 2.20. The zero-order valence-electron chi connectivity index (χ0n) is 11.5. The Hall–Kier alpha value is -1.53. The van der Waals surface area contributed by atoms with E-state index in [1.165, 1.54) is 11.8 Å². The minimum atomic E-state index is -1.40. The highest BCUT2D eigenvalue weighted by molar-refractivity contribution is 7.86. The number of carbonyl (C=O) groups excluding carboxylic acids is 2. The first kappa shape index (κ1) is 14.9. The van der Waals surface area contributed by atoms with Gasteiger partial charge < -0.3 is 10.0 Å². The SMILES string of the molecule is CC(=O)c1ccc2c(c1)N(CCCO)C(=O)C(C)S2=O. The number of amides is 1. The van der Waals surface area contributed by atoms with Crippen molar-refractivity contribution < 1.29 is 18.9 Å². The Morgan fingerprint density at radius 2 is 2.15 bits per heavy atom. The summed E-state index contributed by atoms with van der Waals surface area (Å²) in [5, 5.41) is 8.33. The fraction of sp³-hybridized carbons (Fsp3) is 0.429. The summed E-state index contributed by atoms with van der Waals surface area (Å²) in [4.78, 5) is 25.8. The molecular weight excluding hydrogens is 278 g/mol. The van der Waals surface area contributed by atoms with Gasteiger partial charge in [0.05, 0.1) is 21.4 Å². The third-order valence-electron chi connectivity index (χ3n) is 3.35. The quantitative estimate of drug-likeness (QED) is 0.845. The third-order valence-corrected chi connectivity index (χ3v) is 4.97. The number of fused-ring (bicyclic) bond motifs is 1. The summed E-state index contributed by atoms with van der Waals surface area (Å²) in [5.74, 6) is -0.336. The number of rotatable bonds is 4. The number of benzene rings is 1. The fourth-order valence-corrected chi connectivity index (χ4v) is 3.47. The van der Waals surface area contributed by atoms with Crippen LogP contribution in [0.15, 0.2) is 23.1 Å². The topological polar surface area (TPSA) is 74.7 Å². The van der Waals surface area contributed by atoms with Gasteiger partial charge in [-0.2, -0.15) is 0 Å². The molecule has 0 radical (unpaired) electrons. The Bertz CT molecular complexity index is 585. The van der Waals surface area contributed by atoms with Crippen LogP contribution in [0.5, 0.6) is 0 Å². The lowest BCUT2D eigenvalue weighted by atomic mass is 10.1. The molecule has 1 amide bonds. The number of nitrogens with zero attached hydrogens (tertiary/aromatic N) is 1. The van der Waals surface area contributed by atoms with Crippen molar-refractivity contribution in [3.8, 4) is 0 Å². The zero-order chi connectivity index (χ0) is 14.9. The lowest BCUT2D eigenvalue weighted by molar-refractivity contribution is -0.118. The molecule has 0 saturated carbocycles.